The Labute approximate surface area is 197 Å². The number of amides is 1. The largest absolute Gasteiger partial charge is 0.495 e. The van der Waals surface area contributed by atoms with Crippen LogP contribution in [0.4, 0.5) is 0 Å². The lowest BCUT2D eigenvalue weighted by Crippen LogP contribution is -2.40. The van der Waals surface area contributed by atoms with Crippen LogP contribution < -0.4 is 10.3 Å². The first-order valence-corrected chi connectivity index (χ1v) is 12.2. The average Bonchev–Trinajstić information content (AvgIpc) is 2.84. The summed E-state index contributed by atoms with van der Waals surface area (Å²) in [5, 5.41) is 0.479. The summed E-state index contributed by atoms with van der Waals surface area (Å²) in [6.07, 6.45) is -0.0239. The second-order valence-corrected chi connectivity index (χ2v) is 9.86. The van der Waals surface area contributed by atoms with Crippen molar-refractivity contribution < 1.29 is 22.7 Å². The first-order chi connectivity index (χ1) is 16.3. The van der Waals surface area contributed by atoms with E-state index < -0.39 is 10.0 Å². The van der Waals surface area contributed by atoms with Gasteiger partial charge in [-0.05, 0) is 29.8 Å². The zero-order valence-corrected chi connectivity index (χ0v) is 19.8. The number of benzene rings is 2. The van der Waals surface area contributed by atoms with E-state index in [1.807, 2.05) is 0 Å². The van der Waals surface area contributed by atoms with E-state index >= 15 is 0 Å². The predicted octanol–water partition coefficient (Wildman–Crippen LogP) is 1.15. The molecule has 0 spiro atoms. The summed E-state index contributed by atoms with van der Waals surface area (Å²) >= 11 is 0. The van der Waals surface area contributed by atoms with Crippen LogP contribution in [0.3, 0.4) is 0 Å². The number of nitrogens with zero attached hydrogens (tertiary/aromatic N) is 3. The number of ether oxygens (including phenoxy) is 2. The number of hydrogen-bond acceptors (Lipinski definition) is 7. The van der Waals surface area contributed by atoms with Gasteiger partial charge in [0.1, 0.15) is 16.5 Å². The maximum Gasteiger partial charge on any atom is 0.258 e. The summed E-state index contributed by atoms with van der Waals surface area (Å²) < 4.78 is 38.2. The third-order valence-electron chi connectivity index (χ3n) is 5.65. The van der Waals surface area contributed by atoms with Crippen molar-refractivity contribution in [3.05, 3.63) is 64.2 Å². The van der Waals surface area contributed by atoms with Crippen molar-refractivity contribution in [2.45, 2.75) is 17.9 Å². The van der Waals surface area contributed by atoms with Crippen LogP contribution >= 0.6 is 0 Å². The molecule has 4 rings (SSSR count). The molecule has 3 aromatic rings. The van der Waals surface area contributed by atoms with Gasteiger partial charge in [0.05, 0.1) is 44.2 Å². The lowest BCUT2D eigenvalue weighted by molar-refractivity contribution is -0.129. The standard InChI is InChI=1S/C23H26N4O6S/c1-26(15-21-24-18-6-4-3-5-17(18)23(29)25-21)22(28)14-16-7-8-19(32-2)20(13-16)34(30,31)27-9-11-33-12-10-27/h3-8,13H,9-12,14-15H2,1-2H3,(H,24,25,29). The molecule has 1 aromatic heterocycles. The second kappa shape index (κ2) is 9.92. The molecule has 2 aromatic carbocycles. The van der Waals surface area contributed by atoms with Gasteiger partial charge < -0.3 is 19.4 Å². The fraction of sp³-hybridized carbons (Fsp3) is 0.348. The van der Waals surface area contributed by atoms with E-state index in [-0.39, 0.29) is 48.2 Å². The average molecular weight is 487 g/mol. The summed E-state index contributed by atoms with van der Waals surface area (Å²) in [5.74, 6) is 0.328. The fourth-order valence-electron chi connectivity index (χ4n) is 3.79. The van der Waals surface area contributed by atoms with E-state index in [0.29, 0.717) is 35.5 Å². The SMILES string of the molecule is COc1ccc(CC(=O)N(C)Cc2nc3ccccc3c(=O)[nH]2)cc1S(=O)(=O)N1CCOCC1. The van der Waals surface area contributed by atoms with Gasteiger partial charge in [-0.3, -0.25) is 9.59 Å². The van der Waals surface area contributed by atoms with Gasteiger partial charge in [-0.1, -0.05) is 18.2 Å². The molecule has 11 heteroatoms. The van der Waals surface area contributed by atoms with Crippen LogP contribution in [0.2, 0.25) is 0 Å². The number of aromatic amines is 1. The van der Waals surface area contributed by atoms with Crippen molar-refractivity contribution in [3.63, 3.8) is 0 Å². The maximum absolute atomic E-state index is 13.2. The van der Waals surface area contributed by atoms with Gasteiger partial charge in [0.25, 0.3) is 5.56 Å². The molecule has 1 aliphatic rings. The van der Waals surface area contributed by atoms with E-state index in [9.17, 15) is 18.0 Å². The number of aromatic nitrogens is 2. The zero-order valence-electron chi connectivity index (χ0n) is 19.0. The number of H-pyrrole nitrogens is 1. The highest BCUT2D eigenvalue weighted by Crippen LogP contribution is 2.28. The molecular weight excluding hydrogens is 460 g/mol. The number of fused-ring (bicyclic) bond motifs is 1. The Morgan fingerprint density at radius 2 is 1.94 bits per heavy atom. The molecule has 1 amide bonds. The highest BCUT2D eigenvalue weighted by molar-refractivity contribution is 7.89. The molecule has 1 aliphatic heterocycles. The number of methoxy groups -OCH3 is 1. The second-order valence-electron chi connectivity index (χ2n) is 7.96. The quantitative estimate of drug-likeness (QED) is 0.532. The molecule has 0 unspecified atom stereocenters. The minimum absolute atomic E-state index is 0.0189. The first kappa shape index (κ1) is 23.9. The molecule has 2 heterocycles. The molecule has 0 aliphatic carbocycles. The molecule has 1 N–H and O–H groups in total. The van der Waals surface area contributed by atoms with Gasteiger partial charge in [0.2, 0.25) is 15.9 Å². The molecular formula is C23H26N4O6S. The monoisotopic (exact) mass is 486 g/mol. The molecule has 34 heavy (non-hydrogen) atoms. The molecule has 1 saturated heterocycles. The molecule has 1 fully saturated rings. The van der Waals surface area contributed by atoms with Gasteiger partial charge in [0.15, 0.2) is 0 Å². The van der Waals surface area contributed by atoms with Crippen LogP contribution in [0.5, 0.6) is 5.75 Å². The van der Waals surface area contributed by atoms with E-state index in [1.165, 1.54) is 22.4 Å². The molecule has 0 bridgehead atoms. The van der Waals surface area contributed by atoms with Gasteiger partial charge in [-0.2, -0.15) is 4.31 Å². The number of hydrogen-bond donors (Lipinski definition) is 1. The number of para-hydroxylation sites is 1. The van der Waals surface area contributed by atoms with Crippen LogP contribution in [0, 0.1) is 0 Å². The van der Waals surface area contributed by atoms with E-state index in [0.717, 1.165) is 0 Å². The van der Waals surface area contributed by atoms with Crippen molar-refractivity contribution in [1.82, 2.24) is 19.2 Å². The number of nitrogens with one attached hydrogen (secondary N) is 1. The third kappa shape index (κ3) is 4.96. The number of morpholine rings is 1. The Morgan fingerprint density at radius 1 is 1.21 bits per heavy atom. The Kier molecular flexibility index (Phi) is 6.96. The summed E-state index contributed by atoms with van der Waals surface area (Å²) in [4.78, 5) is 33.8. The maximum atomic E-state index is 13.2. The van der Waals surface area contributed by atoms with Gasteiger partial charge in [-0.25, -0.2) is 13.4 Å². The number of likely N-dealkylation sites (N-methyl/N-ethyl adjacent to an activating group) is 1. The molecule has 0 atom stereocenters. The summed E-state index contributed by atoms with van der Waals surface area (Å²) in [6, 6.07) is 11.7. The van der Waals surface area contributed by atoms with Crippen molar-refractivity contribution >= 4 is 26.8 Å². The highest BCUT2D eigenvalue weighted by Gasteiger charge is 2.29. The lowest BCUT2D eigenvalue weighted by atomic mass is 10.1. The topological polar surface area (TPSA) is 122 Å². The molecule has 10 nitrogen and oxygen atoms in total. The van der Waals surface area contributed by atoms with E-state index in [2.05, 4.69) is 9.97 Å². The Hall–Kier alpha value is -3.28. The summed E-state index contributed by atoms with van der Waals surface area (Å²) in [6.45, 7) is 1.28. The molecule has 180 valence electrons. The van der Waals surface area contributed by atoms with E-state index in [1.54, 1.807) is 43.4 Å². The van der Waals surface area contributed by atoms with Crippen molar-refractivity contribution in [1.29, 1.82) is 0 Å². The van der Waals surface area contributed by atoms with Crippen LogP contribution in [-0.2, 0) is 32.5 Å². The number of sulfonamides is 1. The van der Waals surface area contributed by atoms with Crippen molar-refractivity contribution in [2.24, 2.45) is 0 Å². The summed E-state index contributed by atoms with van der Waals surface area (Å²) in [5.41, 5.74) is 0.814. The number of carbonyl (C=O) groups is 1. The molecule has 0 saturated carbocycles. The fourth-order valence-corrected chi connectivity index (χ4v) is 5.40. The summed E-state index contributed by atoms with van der Waals surface area (Å²) in [7, 11) is -0.794. The molecule has 0 radical (unpaired) electrons. The van der Waals surface area contributed by atoms with Crippen LogP contribution in [0.15, 0.2) is 52.2 Å². The Bertz CT molecular complexity index is 1370. The normalized spacial score (nSPS) is 14.8. The lowest BCUT2D eigenvalue weighted by Gasteiger charge is -2.27. The zero-order chi connectivity index (χ0) is 24.3. The highest BCUT2D eigenvalue weighted by atomic mass is 32.2. The number of rotatable bonds is 7. The van der Waals surface area contributed by atoms with Crippen LogP contribution in [-0.4, -0.2) is 74.0 Å². The van der Waals surface area contributed by atoms with Crippen molar-refractivity contribution in [2.75, 3.05) is 40.5 Å². The van der Waals surface area contributed by atoms with E-state index in [4.69, 9.17) is 9.47 Å². The predicted molar refractivity (Wildman–Crippen MR) is 125 cm³/mol. The van der Waals surface area contributed by atoms with Gasteiger partial charge in [0, 0.05) is 20.1 Å². The van der Waals surface area contributed by atoms with Crippen molar-refractivity contribution in [3.8, 4) is 5.75 Å². The van der Waals surface area contributed by atoms with Crippen LogP contribution in [0.25, 0.3) is 10.9 Å². The Morgan fingerprint density at radius 3 is 2.68 bits per heavy atom. The third-order valence-corrected chi connectivity index (χ3v) is 7.57. The first-order valence-electron chi connectivity index (χ1n) is 10.8. The van der Waals surface area contributed by atoms with Crippen LogP contribution in [0.1, 0.15) is 11.4 Å². The Balaban J connectivity index is 1.52. The minimum atomic E-state index is -3.80. The van der Waals surface area contributed by atoms with Gasteiger partial charge >= 0.3 is 0 Å². The smallest absolute Gasteiger partial charge is 0.258 e. The minimum Gasteiger partial charge on any atom is -0.495 e. The van der Waals surface area contributed by atoms with Gasteiger partial charge in [-0.15, -0.1) is 0 Å². The number of carbonyl (C=O) groups excluding carboxylic acids is 1.